The molecule has 0 aromatic carbocycles. The van der Waals surface area contributed by atoms with Crippen LogP contribution in [-0.4, -0.2) is 20.0 Å². The molecule has 1 atom stereocenters. The van der Waals surface area contributed by atoms with E-state index in [2.05, 4.69) is 27.5 Å². The number of hydrogen-bond donors (Lipinski definition) is 2. The Balaban J connectivity index is 2.20. The lowest BCUT2D eigenvalue weighted by molar-refractivity contribution is 0.675. The quantitative estimate of drug-likeness (QED) is 0.829. The molecule has 2 aromatic heterocycles. The van der Waals surface area contributed by atoms with Crippen LogP contribution in [0.1, 0.15) is 30.0 Å². The zero-order valence-electron chi connectivity index (χ0n) is 10.1. The molecule has 0 radical (unpaired) electrons. The number of anilines is 1. The van der Waals surface area contributed by atoms with Crippen molar-refractivity contribution >= 4 is 5.69 Å². The maximum atomic E-state index is 4.17. The van der Waals surface area contributed by atoms with Crippen molar-refractivity contribution in [1.29, 1.82) is 0 Å². The number of aromatic amines is 1. The summed E-state index contributed by atoms with van der Waals surface area (Å²) in [7, 11) is 1.95. The summed E-state index contributed by atoms with van der Waals surface area (Å²) in [5.74, 6) is 0. The smallest absolute Gasteiger partial charge is 0.0825 e. The van der Waals surface area contributed by atoms with Gasteiger partial charge in [-0.2, -0.15) is 10.2 Å². The first-order valence-corrected chi connectivity index (χ1v) is 5.35. The first kappa shape index (κ1) is 10.7. The predicted molar refractivity (Wildman–Crippen MR) is 63.3 cm³/mol. The fraction of sp³-hybridized carbons (Fsp3) is 0.455. The van der Waals surface area contributed by atoms with Crippen molar-refractivity contribution in [3.63, 3.8) is 0 Å². The largest absolute Gasteiger partial charge is 0.374 e. The molecule has 0 aliphatic rings. The number of aromatic nitrogens is 4. The molecule has 0 aliphatic carbocycles. The van der Waals surface area contributed by atoms with Gasteiger partial charge in [0.15, 0.2) is 0 Å². The molecular weight excluding hydrogens is 202 g/mol. The van der Waals surface area contributed by atoms with E-state index in [9.17, 15) is 0 Å². The standard InChI is InChI=1S/C11H17N5/c1-7(10-5-6-12-16(10)4)13-11-8(2)14-15-9(11)3/h5-7,13H,1-4H3,(H,14,15). The van der Waals surface area contributed by atoms with Gasteiger partial charge in [-0.1, -0.05) is 0 Å². The molecule has 0 spiro atoms. The lowest BCUT2D eigenvalue weighted by Crippen LogP contribution is -2.12. The van der Waals surface area contributed by atoms with E-state index in [1.165, 1.54) is 0 Å². The van der Waals surface area contributed by atoms with Crippen molar-refractivity contribution in [3.05, 3.63) is 29.3 Å². The highest BCUT2D eigenvalue weighted by molar-refractivity contribution is 5.52. The molecule has 5 nitrogen and oxygen atoms in total. The summed E-state index contributed by atoms with van der Waals surface area (Å²) in [4.78, 5) is 0. The highest BCUT2D eigenvalue weighted by Gasteiger charge is 2.13. The summed E-state index contributed by atoms with van der Waals surface area (Å²) in [6, 6.07) is 2.23. The van der Waals surface area contributed by atoms with Gasteiger partial charge < -0.3 is 5.32 Å². The Hall–Kier alpha value is -1.78. The van der Waals surface area contributed by atoms with Gasteiger partial charge in [0.05, 0.1) is 28.8 Å². The Labute approximate surface area is 94.9 Å². The van der Waals surface area contributed by atoms with Crippen LogP contribution >= 0.6 is 0 Å². The Morgan fingerprint density at radius 1 is 1.44 bits per heavy atom. The Morgan fingerprint density at radius 2 is 2.19 bits per heavy atom. The van der Waals surface area contributed by atoms with E-state index >= 15 is 0 Å². The van der Waals surface area contributed by atoms with Gasteiger partial charge in [-0.25, -0.2) is 0 Å². The van der Waals surface area contributed by atoms with Gasteiger partial charge in [-0.05, 0) is 26.8 Å². The zero-order chi connectivity index (χ0) is 11.7. The summed E-state index contributed by atoms with van der Waals surface area (Å²) in [5.41, 5.74) is 4.28. The Kier molecular flexibility index (Phi) is 2.68. The SMILES string of the molecule is Cc1n[nH]c(C)c1NC(C)c1ccnn1C. The van der Waals surface area contributed by atoms with Crippen LogP contribution < -0.4 is 5.32 Å². The van der Waals surface area contributed by atoms with Crippen molar-refractivity contribution in [2.45, 2.75) is 26.8 Å². The lowest BCUT2D eigenvalue weighted by atomic mass is 10.2. The maximum absolute atomic E-state index is 4.17. The molecule has 0 amide bonds. The minimum atomic E-state index is 0.211. The van der Waals surface area contributed by atoms with Gasteiger partial charge in [0.25, 0.3) is 0 Å². The second kappa shape index (κ2) is 4.00. The average molecular weight is 219 g/mol. The first-order chi connectivity index (χ1) is 7.59. The summed E-state index contributed by atoms with van der Waals surface area (Å²) in [5, 5.41) is 14.7. The highest BCUT2D eigenvalue weighted by Crippen LogP contribution is 2.22. The Morgan fingerprint density at radius 3 is 2.69 bits per heavy atom. The minimum absolute atomic E-state index is 0.211. The second-order valence-electron chi connectivity index (χ2n) is 4.05. The van der Waals surface area contributed by atoms with Crippen molar-refractivity contribution < 1.29 is 0 Å². The van der Waals surface area contributed by atoms with Gasteiger partial charge in [0, 0.05) is 13.2 Å². The van der Waals surface area contributed by atoms with Crippen molar-refractivity contribution in [2.75, 3.05) is 5.32 Å². The minimum Gasteiger partial charge on any atom is -0.374 e. The van der Waals surface area contributed by atoms with E-state index in [1.807, 2.05) is 37.8 Å². The monoisotopic (exact) mass is 219 g/mol. The van der Waals surface area contributed by atoms with Crippen LogP contribution in [0.25, 0.3) is 0 Å². The van der Waals surface area contributed by atoms with Gasteiger partial charge in [0.2, 0.25) is 0 Å². The third-order valence-electron chi connectivity index (χ3n) is 2.79. The van der Waals surface area contributed by atoms with Crippen LogP contribution in [0.2, 0.25) is 0 Å². The molecule has 2 rings (SSSR count). The molecule has 2 aromatic rings. The topological polar surface area (TPSA) is 58.5 Å². The molecule has 0 aliphatic heterocycles. The first-order valence-electron chi connectivity index (χ1n) is 5.35. The van der Waals surface area contributed by atoms with Crippen LogP contribution in [0.5, 0.6) is 0 Å². The van der Waals surface area contributed by atoms with Crippen LogP contribution in [0.15, 0.2) is 12.3 Å². The predicted octanol–water partition coefficient (Wildman–Crippen LogP) is 1.93. The third-order valence-corrected chi connectivity index (χ3v) is 2.79. The van der Waals surface area contributed by atoms with Crippen LogP contribution in [0, 0.1) is 13.8 Å². The summed E-state index contributed by atoms with van der Waals surface area (Å²) < 4.78 is 1.88. The molecule has 16 heavy (non-hydrogen) atoms. The van der Waals surface area contributed by atoms with E-state index in [0.717, 1.165) is 22.8 Å². The summed E-state index contributed by atoms with van der Waals surface area (Å²) >= 11 is 0. The lowest BCUT2D eigenvalue weighted by Gasteiger charge is -2.15. The molecule has 1 unspecified atom stereocenters. The third kappa shape index (κ3) is 1.80. The van der Waals surface area contributed by atoms with Crippen LogP contribution in [-0.2, 0) is 7.05 Å². The molecule has 5 heteroatoms. The normalized spacial score (nSPS) is 12.8. The summed E-state index contributed by atoms with van der Waals surface area (Å²) in [6.07, 6.45) is 1.81. The molecule has 2 N–H and O–H groups in total. The number of nitrogens with zero attached hydrogens (tertiary/aromatic N) is 3. The van der Waals surface area contributed by atoms with Crippen LogP contribution in [0.4, 0.5) is 5.69 Å². The number of rotatable bonds is 3. The van der Waals surface area contributed by atoms with E-state index in [1.54, 1.807) is 0 Å². The van der Waals surface area contributed by atoms with E-state index in [-0.39, 0.29) is 6.04 Å². The second-order valence-corrected chi connectivity index (χ2v) is 4.05. The van der Waals surface area contributed by atoms with E-state index < -0.39 is 0 Å². The van der Waals surface area contributed by atoms with E-state index in [4.69, 9.17) is 0 Å². The van der Waals surface area contributed by atoms with Gasteiger partial charge in [-0.3, -0.25) is 9.78 Å². The molecule has 2 heterocycles. The molecule has 0 fully saturated rings. The molecule has 0 saturated heterocycles. The van der Waals surface area contributed by atoms with Crippen molar-refractivity contribution in [1.82, 2.24) is 20.0 Å². The number of H-pyrrole nitrogens is 1. The number of nitrogens with one attached hydrogen (secondary N) is 2. The molecule has 86 valence electrons. The molecule has 0 bridgehead atoms. The average Bonchev–Trinajstić information content (AvgIpc) is 2.79. The molecular formula is C11H17N5. The number of aryl methyl sites for hydroxylation is 3. The number of hydrogen-bond acceptors (Lipinski definition) is 3. The van der Waals surface area contributed by atoms with Crippen LogP contribution in [0.3, 0.4) is 0 Å². The van der Waals surface area contributed by atoms with Gasteiger partial charge >= 0.3 is 0 Å². The maximum Gasteiger partial charge on any atom is 0.0825 e. The van der Waals surface area contributed by atoms with E-state index in [0.29, 0.717) is 0 Å². The molecule has 0 saturated carbocycles. The van der Waals surface area contributed by atoms with Gasteiger partial charge in [-0.15, -0.1) is 0 Å². The fourth-order valence-corrected chi connectivity index (χ4v) is 1.86. The zero-order valence-corrected chi connectivity index (χ0v) is 10.1. The Bertz CT molecular complexity index is 463. The van der Waals surface area contributed by atoms with Crippen molar-refractivity contribution in [2.24, 2.45) is 7.05 Å². The van der Waals surface area contributed by atoms with Crippen molar-refractivity contribution in [3.8, 4) is 0 Å². The van der Waals surface area contributed by atoms with Gasteiger partial charge in [0.1, 0.15) is 0 Å². The summed E-state index contributed by atoms with van der Waals surface area (Å²) in [6.45, 7) is 6.11. The highest BCUT2D eigenvalue weighted by atomic mass is 15.3. The fourth-order valence-electron chi connectivity index (χ4n) is 1.86.